The van der Waals surface area contributed by atoms with Crippen LogP contribution in [0.4, 0.5) is 10.1 Å². The molecule has 3 aromatic carbocycles. The van der Waals surface area contributed by atoms with Gasteiger partial charge in [-0.15, -0.1) is 0 Å². The molecule has 0 aromatic heterocycles. The summed E-state index contributed by atoms with van der Waals surface area (Å²) in [6.45, 7) is 6.75. The van der Waals surface area contributed by atoms with Crippen LogP contribution in [0.2, 0.25) is 0 Å². The second kappa shape index (κ2) is 13.4. The monoisotopic (exact) mass is 569 g/mol. The molecule has 0 aliphatic carbocycles. The van der Waals surface area contributed by atoms with Gasteiger partial charge in [0.05, 0.1) is 17.7 Å². The lowest BCUT2D eigenvalue weighted by Crippen LogP contribution is -2.52. The van der Waals surface area contributed by atoms with E-state index in [-0.39, 0.29) is 29.1 Å². The predicted molar refractivity (Wildman–Crippen MR) is 153 cm³/mol. The molecule has 2 atom stereocenters. The van der Waals surface area contributed by atoms with Gasteiger partial charge in [-0.25, -0.2) is 12.8 Å². The van der Waals surface area contributed by atoms with E-state index in [1.807, 2.05) is 20.8 Å². The SMILES string of the molecule is CC[C@H](C)NC(=O)[C@H](C)N(Cc1cccc(OC)c1)C(=O)CN(c1ccc(C)cc1)S(=O)(=O)c1ccc(F)cc1. The van der Waals surface area contributed by atoms with Gasteiger partial charge in [-0.05, 0) is 81.3 Å². The van der Waals surface area contributed by atoms with E-state index in [2.05, 4.69) is 5.32 Å². The average molecular weight is 570 g/mol. The first-order valence-electron chi connectivity index (χ1n) is 13.0. The van der Waals surface area contributed by atoms with Crippen LogP contribution in [-0.2, 0) is 26.2 Å². The smallest absolute Gasteiger partial charge is 0.264 e. The van der Waals surface area contributed by atoms with Crippen LogP contribution in [0.5, 0.6) is 5.75 Å². The number of hydrogen-bond acceptors (Lipinski definition) is 5. The van der Waals surface area contributed by atoms with E-state index in [1.54, 1.807) is 55.5 Å². The molecule has 0 saturated carbocycles. The number of benzene rings is 3. The molecule has 0 bridgehead atoms. The molecule has 3 rings (SSSR count). The van der Waals surface area contributed by atoms with Crippen molar-refractivity contribution >= 4 is 27.5 Å². The number of sulfonamides is 1. The van der Waals surface area contributed by atoms with E-state index >= 15 is 0 Å². The average Bonchev–Trinajstić information content (AvgIpc) is 2.94. The third kappa shape index (κ3) is 7.59. The molecule has 2 amide bonds. The Balaban J connectivity index is 2.03. The van der Waals surface area contributed by atoms with E-state index in [9.17, 15) is 22.4 Å². The molecule has 10 heteroatoms. The number of carbonyl (C=O) groups is 2. The van der Waals surface area contributed by atoms with Gasteiger partial charge in [-0.3, -0.25) is 13.9 Å². The first kappa shape index (κ1) is 30.6. The summed E-state index contributed by atoms with van der Waals surface area (Å²) in [6.07, 6.45) is 0.708. The number of nitrogens with zero attached hydrogens (tertiary/aromatic N) is 2. The lowest BCUT2D eigenvalue weighted by molar-refractivity contribution is -0.139. The molecule has 0 saturated heterocycles. The number of amides is 2. The fourth-order valence-electron chi connectivity index (χ4n) is 3.99. The summed E-state index contributed by atoms with van der Waals surface area (Å²) >= 11 is 0. The van der Waals surface area contributed by atoms with E-state index < -0.39 is 34.3 Å². The van der Waals surface area contributed by atoms with Crippen molar-refractivity contribution in [3.8, 4) is 5.75 Å². The summed E-state index contributed by atoms with van der Waals surface area (Å²) in [4.78, 5) is 28.2. The van der Waals surface area contributed by atoms with Gasteiger partial charge in [0.25, 0.3) is 10.0 Å². The van der Waals surface area contributed by atoms with Crippen molar-refractivity contribution in [2.24, 2.45) is 0 Å². The molecule has 0 unspecified atom stereocenters. The predicted octanol–water partition coefficient (Wildman–Crippen LogP) is 4.67. The van der Waals surface area contributed by atoms with E-state index in [0.29, 0.717) is 17.7 Å². The quantitative estimate of drug-likeness (QED) is 0.342. The lowest BCUT2D eigenvalue weighted by Gasteiger charge is -2.32. The van der Waals surface area contributed by atoms with Crippen LogP contribution in [0.3, 0.4) is 0 Å². The molecular formula is C30H36FN3O5S. The Hall–Kier alpha value is -3.92. The highest BCUT2D eigenvalue weighted by atomic mass is 32.2. The summed E-state index contributed by atoms with van der Waals surface area (Å²) in [5.74, 6) is -0.931. The van der Waals surface area contributed by atoms with Gasteiger partial charge in [0.1, 0.15) is 24.2 Å². The van der Waals surface area contributed by atoms with Gasteiger partial charge in [0, 0.05) is 12.6 Å². The van der Waals surface area contributed by atoms with Crippen LogP contribution >= 0.6 is 0 Å². The Morgan fingerprint density at radius 1 is 1.00 bits per heavy atom. The standard InChI is InChI=1S/C30H36FN3O5S/c1-6-22(3)32-30(36)23(4)33(19-24-8-7-9-27(18-24)39-5)29(35)20-34(26-14-10-21(2)11-15-26)40(37,38)28-16-12-25(31)13-17-28/h7-18,22-23H,6,19-20H2,1-5H3,(H,32,36)/t22-,23-/m0/s1. The number of rotatable bonds is 12. The van der Waals surface area contributed by atoms with E-state index in [0.717, 1.165) is 34.1 Å². The third-order valence-electron chi connectivity index (χ3n) is 6.66. The molecular weight excluding hydrogens is 533 g/mol. The second-order valence-corrected chi connectivity index (χ2v) is 11.5. The number of methoxy groups -OCH3 is 1. The molecule has 8 nitrogen and oxygen atoms in total. The molecule has 0 spiro atoms. The van der Waals surface area contributed by atoms with Crippen LogP contribution in [0.1, 0.15) is 38.3 Å². The minimum Gasteiger partial charge on any atom is -0.497 e. The fourth-order valence-corrected chi connectivity index (χ4v) is 5.40. The van der Waals surface area contributed by atoms with Crippen LogP contribution in [0, 0.1) is 12.7 Å². The van der Waals surface area contributed by atoms with Crippen molar-refractivity contribution in [3.05, 3.63) is 89.7 Å². The Morgan fingerprint density at radius 3 is 2.25 bits per heavy atom. The lowest BCUT2D eigenvalue weighted by atomic mass is 10.1. The van der Waals surface area contributed by atoms with E-state index in [1.165, 1.54) is 12.0 Å². The number of ether oxygens (including phenoxy) is 1. The van der Waals surface area contributed by atoms with Crippen molar-refractivity contribution in [1.82, 2.24) is 10.2 Å². The Bertz CT molecular complexity index is 1410. The normalized spacial score (nSPS) is 12.8. The van der Waals surface area contributed by atoms with Crippen molar-refractivity contribution in [2.45, 2.75) is 57.6 Å². The largest absolute Gasteiger partial charge is 0.497 e. The van der Waals surface area contributed by atoms with Crippen molar-refractivity contribution in [2.75, 3.05) is 18.0 Å². The van der Waals surface area contributed by atoms with Crippen molar-refractivity contribution in [1.29, 1.82) is 0 Å². The summed E-state index contributed by atoms with van der Waals surface area (Å²) in [7, 11) is -2.73. The minimum atomic E-state index is -4.27. The zero-order chi connectivity index (χ0) is 29.4. The molecule has 3 aromatic rings. The Morgan fingerprint density at radius 2 is 1.65 bits per heavy atom. The fraction of sp³-hybridized carbons (Fsp3) is 0.333. The van der Waals surface area contributed by atoms with Gasteiger partial charge in [-0.2, -0.15) is 0 Å². The topological polar surface area (TPSA) is 96.0 Å². The number of nitrogens with one attached hydrogen (secondary N) is 1. The summed E-state index contributed by atoms with van der Waals surface area (Å²) < 4.78 is 47.4. The highest BCUT2D eigenvalue weighted by Gasteiger charge is 2.32. The maximum atomic E-state index is 13.9. The Kier molecular flexibility index (Phi) is 10.3. The van der Waals surface area contributed by atoms with Gasteiger partial charge < -0.3 is 15.0 Å². The van der Waals surface area contributed by atoms with Crippen LogP contribution < -0.4 is 14.4 Å². The Labute approximate surface area is 235 Å². The molecule has 0 heterocycles. The molecule has 40 heavy (non-hydrogen) atoms. The second-order valence-electron chi connectivity index (χ2n) is 9.67. The zero-order valence-corrected chi connectivity index (χ0v) is 24.2. The molecule has 0 aliphatic heterocycles. The molecule has 0 aliphatic rings. The summed E-state index contributed by atoms with van der Waals surface area (Å²) in [6, 6.07) is 17.2. The number of anilines is 1. The summed E-state index contributed by atoms with van der Waals surface area (Å²) in [5, 5.41) is 2.90. The zero-order valence-electron chi connectivity index (χ0n) is 23.4. The third-order valence-corrected chi connectivity index (χ3v) is 8.45. The first-order chi connectivity index (χ1) is 19.0. The number of hydrogen-bond donors (Lipinski definition) is 1. The number of aryl methyl sites for hydroxylation is 1. The van der Waals surface area contributed by atoms with Crippen LogP contribution in [-0.4, -0.2) is 50.9 Å². The van der Waals surface area contributed by atoms with E-state index in [4.69, 9.17) is 4.74 Å². The van der Waals surface area contributed by atoms with Gasteiger partial charge in [0.2, 0.25) is 11.8 Å². The molecule has 0 radical (unpaired) electrons. The maximum absolute atomic E-state index is 13.9. The van der Waals surface area contributed by atoms with Gasteiger partial charge >= 0.3 is 0 Å². The molecule has 1 N–H and O–H groups in total. The van der Waals surface area contributed by atoms with Crippen molar-refractivity contribution < 1.29 is 27.1 Å². The van der Waals surface area contributed by atoms with Gasteiger partial charge in [0.15, 0.2) is 0 Å². The number of halogens is 1. The minimum absolute atomic E-state index is 0.0451. The van der Waals surface area contributed by atoms with Crippen LogP contribution in [0.15, 0.2) is 77.7 Å². The highest BCUT2D eigenvalue weighted by molar-refractivity contribution is 7.92. The molecule has 214 valence electrons. The number of carbonyl (C=O) groups excluding carboxylic acids is 2. The molecule has 0 fully saturated rings. The van der Waals surface area contributed by atoms with Crippen molar-refractivity contribution in [3.63, 3.8) is 0 Å². The van der Waals surface area contributed by atoms with Crippen LogP contribution in [0.25, 0.3) is 0 Å². The maximum Gasteiger partial charge on any atom is 0.264 e. The first-order valence-corrected chi connectivity index (χ1v) is 14.5. The summed E-state index contributed by atoms with van der Waals surface area (Å²) in [5.41, 5.74) is 1.88. The highest BCUT2D eigenvalue weighted by Crippen LogP contribution is 2.25. The van der Waals surface area contributed by atoms with Gasteiger partial charge in [-0.1, -0.05) is 36.8 Å².